The van der Waals surface area contributed by atoms with Crippen molar-refractivity contribution in [2.75, 3.05) is 32.8 Å². The summed E-state index contributed by atoms with van der Waals surface area (Å²) in [6, 6.07) is 15.0. The number of benzene rings is 2. The summed E-state index contributed by atoms with van der Waals surface area (Å²) in [6.45, 7) is 7.28. The molecule has 6 heteroatoms. The second kappa shape index (κ2) is 8.81. The van der Waals surface area contributed by atoms with Crippen LogP contribution >= 0.6 is 0 Å². The lowest BCUT2D eigenvalue weighted by molar-refractivity contribution is 0.0161. The van der Waals surface area contributed by atoms with Gasteiger partial charge in [0.2, 0.25) is 0 Å². The van der Waals surface area contributed by atoms with E-state index in [1.54, 1.807) is 0 Å². The molecule has 2 aromatic carbocycles. The number of carbonyl (C=O) groups excluding carboxylic acids is 1. The van der Waals surface area contributed by atoms with E-state index in [0.29, 0.717) is 30.7 Å². The Hall–Kier alpha value is -2.96. The van der Waals surface area contributed by atoms with Crippen molar-refractivity contribution in [1.82, 2.24) is 10.2 Å². The van der Waals surface area contributed by atoms with Crippen molar-refractivity contribution in [3.05, 3.63) is 81.2 Å². The van der Waals surface area contributed by atoms with Gasteiger partial charge in [-0.2, -0.15) is 0 Å². The number of nitrogens with one attached hydrogen (secondary N) is 1. The molecule has 1 amide bonds. The Bertz CT molecular complexity index is 1100. The molecule has 3 aromatic rings. The SMILES string of the molecule is Cc1cc2oc(C(=O)NC[C@H](c3ccccc3)N3CCOCC3)cc(=O)c2cc1C. The number of rotatable bonds is 5. The van der Waals surface area contributed by atoms with Crippen molar-refractivity contribution < 1.29 is 13.9 Å². The molecule has 2 heterocycles. The minimum Gasteiger partial charge on any atom is -0.451 e. The van der Waals surface area contributed by atoms with Crippen LogP contribution in [-0.4, -0.2) is 43.7 Å². The lowest BCUT2D eigenvalue weighted by Gasteiger charge is -2.34. The van der Waals surface area contributed by atoms with Crippen molar-refractivity contribution in [1.29, 1.82) is 0 Å². The van der Waals surface area contributed by atoms with Crippen molar-refractivity contribution in [2.45, 2.75) is 19.9 Å². The number of amides is 1. The van der Waals surface area contributed by atoms with E-state index in [-0.39, 0.29) is 23.1 Å². The Balaban J connectivity index is 1.56. The first-order valence-electron chi connectivity index (χ1n) is 10.2. The summed E-state index contributed by atoms with van der Waals surface area (Å²) in [4.78, 5) is 27.6. The standard InChI is InChI=1S/C24H26N2O4/c1-16-12-19-21(27)14-23(30-22(19)13-17(16)2)24(28)25-15-20(18-6-4-3-5-7-18)26-8-10-29-11-9-26/h3-7,12-14,20H,8-11,15H2,1-2H3,(H,25,28)/t20-/m1/s1. The van der Waals surface area contributed by atoms with Gasteiger partial charge in [0.05, 0.1) is 24.6 Å². The van der Waals surface area contributed by atoms with Crippen LogP contribution in [-0.2, 0) is 4.74 Å². The second-order valence-corrected chi connectivity index (χ2v) is 7.69. The number of fused-ring (bicyclic) bond motifs is 1. The van der Waals surface area contributed by atoms with E-state index in [4.69, 9.17) is 9.15 Å². The van der Waals surface area contributed by atoms with E-state index in [0.717, 1.165) is 29.8 Å². The fourth-order valence-electron chi connectivity index (χ4n) is 3.82. The molecular formula is C24H26N2O4. The molecule has 1 aliphatic rings. The molecular weight excluding hydrogens is 380 g/mol. The Kier molecular flexibility index (Phi) is 5.97. The van der Waals surface area contributed by atoms with Gasteiger partial charge in [-0.3, -0.25) is 14.5 Å². The molecule has 0 unspecified atom stereocenters. The van der Waals surface area contributed by atoms with Gasteiger partial charge in [0, 0.05) is 25.7 Å². The molecule has 1 aliphatic heterocycles. The molecule has 1 aromatic heterocycles. The number of hydrogen-bond acceptors (Lipinski definition) is 5. The van der Waals surface area contributed by atoms with Gasteiger partial charge in [0.25, 0.3) is 5.91 Å². The summed E-state index contributed by atoms with van der Waals surface area (Å²) in [5.74, 6) is -0.356. The Morgan fingerprint density at radius 1 is 1.07 bits per heavy atom. The number of aryl methyl sites for hydroxylation is 2. The van der Waals surface area contributed by atoms with Gasteiger partial charge in [-0.15, -0.1) is 0 Å². The molecule has 0 bridgehead atoms. The van der Waals surface area contributed by atoms with Crippen LogP contribution in [0.5, 0.6) is 0 Å². The number of hydrogen-bond donors (Lipinski definition) is 1. The summed E-state index contributed by atoms with van der Waals surface area (Å²) in [7, 11) is 0. The topological polar surface area (TPSA) is 71.8 Å². The molecule has 1 fully saturated rings. The molecule has 6 nitrogen and oxygen atoms in total. The molecule has 1 N–H and O–H groups in total. The molecule has 30 heavy (non-hydrogen) atoms. The first-order valence-corrected chi connectivity index (χ1v) is 10.2. The third-order valence-electron chi connectivity index (χ3n) is 5.69. The maximum absolute atomic E-state index is 12.8. The summed E-state index contributed by atoms with van der Waals surface area (Å²) in [6.07, 6.45) is 0. The van der Waals surface area contributed by atoms with Crippen molar-refractivity contribution in [3.63, 3.8) is 0 Å². The predicted molar refractivity (Wildman–Crippen MR) is 116 cm³/mol. The Morgan fingerprint density at radius 3 is 2.50 bits per heavy atom. The maximum atomic E-state index is 12.8. The smallest absolute Gasteiger partial charge is 0.287 e. The predicted octanol–water partition coefficient (Wildman–Crippen LogP) is 3.21. The molecule has 0 saturated carbocycles. The number of carbonyl (C=O) groups is 1. The van der Waals surface area contributed by atoms with Crippen molar-refractivity contribution >= 4 is 16.9 Å². The molecule has 0 aliphatic carbocycles. The van der Waals surface area contributed by atoms with E-state index in [2.05, 4.69) is 22.3 Å². The second-order valence-electron chi connectivity index (χ2n) is 7.69. The van der Waals surface area contributed by atoms with Gasteiger partial charge in [0.15, 0.2) is 11.2 Å². The normalized spacial score (nSPS) is 15.8. The zero-order chi connectivity index (χ0) is 21.1. The number of ether oxygens (including phenoxy) is 1. The highest BCUT2D eigenvalue weighted by Gasteiger charge is 2.24. The van der Waals surface area contributed by atoms with Crippen molar-refractivity contribution in [2.24, 2.45) is 0 Å². The van der Waals surface area contributed by atoms with E-state index in [1.165, 1.54) is 6.07 Å². The summed E-state index contributed by atoms with van der Waals surface area (Å²) in [5, 5.41) is 3.45. The zero-order valence-corrected chi connectivity index (χ0v) is 17.3. The van der Waals surface area contributed by atoms with Crippen LogP contribution in [0, 0.1) is 13.8 Å². The van der Waals surface area contributed by atoms with Gasteiger partial charge in [0.1, 0.15) is 5.58 Å². The van der Waals surface area contributed by atoms with Crippen LogP contribution in [0.15, 0.2) is 57.7 Å². The highest BCUT2D eigenvalue weighted by Crippen LogP contribution is 2.22. The largest absolute Gasteiger partial charge is 0.451 e. The molecule has 0 spiro atoms. The Labute approximate surface area is 175 Å². The van der Waals surface area contributed by atoms with Crippen LogP contribution < -0.4 is 10.7 Å². The van der Waals surface area contributed by atoms with Gasteiger partial charge < -0.3 is 14.5 Å². The molecule has 4 rings (SSSR count). The fourth-order valence-corrected chi connectivity index (χ4v) is 3.82. The number of nitrogens with zero attached hydrogens (tertiary/aromatic N) is 1. The fraction of sp³-hybridized carbons (Fsp3) is 0.333. The minimum atomic E-state index is -0.388. The first kappa shape index (κ1) is 20.3. The summed E-state index contributed by atoms with van der Waals surface area (Å²) < 4.78 is 11.3. The average Bonchev–Trinajstić information content (AvgIpc) is 2.76. The van der Waals surface area contributed by atoms with Crippen LogP contribution in [0.1, 0.15) is 33.3 Å². The number of morpholine rings is 1. The average molecular weight is 406 g/mol. The van der Waals surface area contributed by atoms with E-state index < -0.39 is 0 Å². The minimum absolute atomic E-state index is 0.0242. The zero-order valence-electron chi connectivity index (χ0n) is 17.3. The molecule has 1 saturated heterocycles. The molecule has 0 radical (unpaired) electrons. The van der Waals surface area contributed by atoms with E-state index >= 15 is 0 Å². The quantitative estimate of drug-likeness (QED) is 0.705. The van der Waals surface area contributed by atoms with Crippen molar-refractivity contribution in [3.8, 4) is 0 Å². The van der Waals surface area contributed by atoms with Gasteiger partial charge in [-0.25, -0.2) is 0 Å². The van der Waals surface area contributed by atoms with Crippen LogP contribution in [0.2, 0.25) is 0 Å². The van der Waals surface area contributed by atoms with E-state index in [1.807, 2.05) is 44.2 Å². The maximum Gasteiger partial charge on any atom is 0.287 e. The van der Waals surface area contributed by atoms with Gasteiger partial charge in [-0.1, -0.05) is 30.3 Å². The van der Waals surface area contributed by atoms with Gasteiger partial charge >= 0.3 is 0 Å². The van der Waals surface area contributed by atoms with Crippen LogP contribution in [0.4, 0.5) is 0 Å². The molecule has 1 atom stereocenters. The van der Waals surface area contributed by atoms with E-state index in [9.17, 15) is 9.59 Å². The highest BCUT2D eigenvalue weighted by molar-refractivity contribution is 5.93. The third-order valence-corrected chi connectivity index (χ3v) is 5.69. The third kappa shape index (κ3) is 4.30. The highest BCUT2D eigenvalue weighted by atomic mass is 16.5. The van der Waals surface area contributed by atoms with Crippen LogP contribution in [0.3, 0.4) is 0 Å². The summed E-state index contributed by atoms with van der Waals surface area (Å²) >= 11 is 0. The molecule has 156 valence electrons. The monoisotopic (exact) mass is 406 g/mol. The Morgan fingerprint density at radius 2 is 1.77 bits per heavy atom. The first-order chi connectivity index (χ1) is 14.5. The summed E-state index contributed by atoms with van der Waals surface area (Å²) in [5.41, 5.74) is 3.38. The van der Waals surface area contributed by atoms with Gasteiger partial charge in [-0.05, 0) is 42.7 Å². The van der Waals surface area contributed by atoms with Crippen LogP contribution in [0.25, 0.3) is 11.0 Å². The lowest BCUT2D eigenvalue weighted by Crippen LogP contribution is -2.43. The lowest BCUT2D eigenvalue weighted by atomic mass is 10.0.